The van der Waals surface area contributed by atoms with Gasteiger partial charge in [-0.3, -0.25) is 19.2 Å². The van der Waals surface area contributed by atoms with Crippen LogP contribution in [0.4, 0.5) is 5.69 Å². The van der Waals surface area contributed by atoms with Gasteiger partial charge in [-0.2, -0.15) is 0 Å². The number of amides is 4. The summed E-state index contributed by atoms with van der Waals surface area (Å²) in [4.78, 5) is 58.0. The third-order valence-corrected chi connectivity index (χ3v) is 8.24. The number of aromatic amines is 1. The van der Waals surface area contributed by atoms with E-state index < -0.39 is 6.04 Å². The molecule has 4 amide bonds. The number of carbonyl (C=O) groups is 4. The normalized spacial score (nSPS) is 21.2. The van der Waals surface area contributed by atoms with Crippen LogP contribution in [0, 0.1) is 5.92 Å². The van der Waals surface area contributed by atoms with Crippen LogP contribution in [0.25, 0.3) is 10.9 Å². The summed E-state index contributed by atoms with van der Waals surface area (Å²) < 4.78 is 0. The Morgan fingerprint density at radius 1 is 0.950 bits per heavy atom. The van der Waals surface area contributed by atoms with Crippen molar-refractivity contribution in [3.05, 3.63) is 64.8 Å². The molecule has 40 heavy (non-hydrogen) atoms. The van der Waals surface area contributed by atoms with Gasteiger partial charge < -0.3 is 25.4 Å². The second-order valence-corrected chi connectivity index (χ2v) is 11.3. The highest BCUT2D eigenvalue weighted by Gasteiger charge is 2.36. The van der Waals surface area contributed by atoms with Gasteiger partial charge in [-0.05, 0) is 68.5 Å². The van der Waals surface area contributed by atoms with Crippen molar-refractivity contribution in [2.75, 3.05) is 25.5 Å². The molecule has 3 atom stereocenters. The Hall–Kier alpha value is -3.85. The predicted octanol–water partition coefficient (Wildman–Crippen LogP) is 4.12. The largest absolute Gasteiger partial charge is 0.360 e. The molecule has 1 aliphatic heterocycles. The Morgan fingerprint density at radius 3 is 2.38 bits per heavy atom. The maximum absolute atomic E-state index is 13.3. The number of benzene rings is 2. The van der Waals surface area contributed by atoms with Crippen LogP contribution in [0.5, 0.6) is 0 Å². The van der Waals surface area contributed by atoms with Gasteiger partial charge in [0.05, 0.1) is 11.1 Å². The Morgan fingerprint density at radius 2 is 1.65 bits per heavy atom. The molecule has 1 saturated carbocycles. The van der Waals surface area contributed by atoms with E-state index in [4.69, 9.17) is 11.6 Å². The molecule has 0 radical (unpaired) electrons. The fourth-order valence-electron chi connectivity index (χ4n) is 5.70. The topological polar surface area (TPSA) is 115 Å². The second-order valence-electron chi connectivity index (χ2n) is 10.8. The summed E-state index contributed by atoms with van der Waals surface area (Å²) in [6.07, 6.45) is 5.66. The zero-order valence-electron chi connectivity index (χ0n) is 22.7. The Bertz CT molecular complexity index is 1430. The zero-order valence-corrected chi connectivity index (χ0v) is 23.5. The van der Waals surface area contributed by atoms with Crippen LogP contribution >= 0.6 is 11.6 Å². The lowest BCUT2D eigenvalue weighted by molar-refractivity contribution is -0.134. The summed E-state index contributed by atoms with van der Waals surface area (Å²) in [5.41, 5.74) is 2.47. The minimum atomic E-state index is -0.439. The number of hydrogen-bond donors (Lipinski definition) is 3. The van der Waals surface area contributed by atoms with Gasteiger partial charge >= 0.3 is 0 Å². The smallest absolute Gasteiger partial charge is 0.251 e. The van der Waals surface area contributed by atoms with Crippen molar-refractivity contribution in [1.82, 2.24) is 20.5 Å². The molecule has 1 saturated heterocycles. The SMILES string of the molecule is CN(C)C(=O)[C@@H]1CC[C@@H](NC(=O)c2ccc3c(Cl)c[nH]c3c2)[C@@H](NC(=O)c2ccc(N3CCCCC3=O)cc2)C1. The molecule has 1 aromatic heterocycles. The van der Waals surface area contributed by atoms with E-state index in [9.17, 15) is 19.2 Å². The summed E-state index contributed by atoms with van der Waals surface area (Å²) >= 11 is 6.17. The number of piperidine rings is 1. The molecule has 1 aliphatic carbocycles. The van der Waals surface area contributed by atoms with Crippen LogP contribution in [0.3, 0.4) is 0 Å². The van der Waals surface area contributed by atoms with E-state index in [-0.39, 0.29) is 35.6 Å². The van der Waals surface area contributed by atoms with Crippen molar-refractivity contribution in [1.29, 1.82) is 0 Å². The molecule has 3 aromatic rings. The van der Waals surface area contributed by atoms with E-state index in [1.807, 2.05) is 0 Å². The van der Waals surface area contributed by atoms with Crippen LogP contribution in [0.1, 0.15) is 59.2 Å². The van der Waals surface area contributed by atoms with Gasteiger partial charge in [0.2, 0.25) is 11.8 Å². The third kappa shape index (κ3) is 5.84. The molecule has 3 N–H and O–H groups in total. The second kappa shape index (κ2) is 11.7. The fraction of sp³-hybridized carbons (Fsp3) is 0.400. The molecule has 10 heteroatoms. The first-order valence-electron chi connectivity index (χ1n) is 13.7. The summed E-state index contributed by atoms with van der Waals surface area (Å²) in [6.45, 7) is 0.680. The molecule has 0 unspecified atom stereocenters. The van der Waals surface area contributed by atoms with Gasteiger partial charge in [0.25, 0.3) is 11.8 Å². The van der Waals surface area contributed by atoms with Gasteiger partial charge in [0.1, 0.15) is 0 Å². The first-order valence-corrected chi connectivity index (χ1v) is 14.1. The molecule has 2 aromatic carbocycles. The van der Waals surface area contributed by atoms with E-state index >= 15 is 0 Å². The highest BCUT2D eigenvalue weighted by molar-refractivity contribution is 6.35. The van der Waals surface area contributed by atoms with Crippen LogP contribution in [0.15, 0.2) is 48.7 Å². The van der Waals surface area contributed by atoms with Crippen LogP contribution < -0.4 is 15.5 Å². The molecular weight excluding hydrogens is 530 g/mol. The monoisotopic (exact) mass is 563 g/mol. The van der Waals surface area contributed by atoms with Crippen LogP contribution in [0.2, 0.25) is 5.02 Å². The van der Waals surface area contributed by atoms with Crippen molar-refractivity contribution >= 4 is 51.8 Å². The minimum absolute atomic E-state index is 0.00801. The van der Waals surface area contributed by atoms with Gasteiger partial charge in [-0.1, -0.05) is 17.7 Å². The Balaban J connectivity index is 1.31. The molecular formula is C30H34ClN5O4. The van der Waals surface area contributed by atoms with Crippen molar-refractivity contribution in [3.8, 4) is 0 Å². The van der Waals surface area contributed by atoms with Crippen LogP contribution in [-0.2, 0) is 9.59 Å². The number of fused-ring (bicyclic) bond motifs is 1. The van der Waals surface area contributed by atoms with E-state index in [0.717, 1.165) is 29.4 Å². The number of carbonyl (C=O) groups excluding carboxylic acids is 4. The number of halogens is 1. The molecule has 9 nitrogen and oxygen atoms in total. The highest BCUT2D eigenvalue weighted by atomic mass is 35.5. The zero-order chi connectivity index (χ0) is 28.4. The number of H-pyrrole nitrogens is 1. The van der Waals surface area contributed by atoms with Crippen molar-refractivity contribution < 1.29 is 19.2 Å². The summed E-state index contributed by atoms with van der Waals surface area (Å²) in [6, 6.07) is 11.5. The molecule has 0 bridgehead atoms. The standard InChI is InChI=1S/C30H34ClN5O4/c1-35(2)30(40)20-9-13-24(33-29(39)19-8-12-22-23(31)17-32-25(22)15-19)26(16-20)34-28(38)18-6-10-21(11-7-18)36-14-4-3-5-27(36)37/h6-8,10-12,15,17,20,24,26,32H,3-5,9,13-14,16H2,1-2H3,(H,33,39)(H,34,38)/t20-,24-,26+/m1/s1. The molecule has 2 fully saturated rings. The van der Waals surface area contributed by atoms with E-state index in [1.165, 1.54) is 0 Å². The van der Waals surface area contributed by atoms with Crippen molar-refractivity contribution in [3.63, 3.8) is 0 Å². The quantitative estimate of drug-likeness (QED) is 0.418. The number of aromatic nitrogens is 1. The number of rotatable bonds is 6. The van der Waals surface area contributed by atoms with Gasteiger partial charge in [-0.15, -0.1) is 0 Å². The van der Waals surface area contributed by atoms with E-state index in [1.54, 1.807) is 72.6 Å². The predicted molar refractivity (Wildman–Crippen MR) is 154 cm³/mol. The van der Waals surface area contributed by atoms with Gasteiger partial charge in [-0.25, -0.2) is 0 Å². The van der Waals surface area contributed by atoms with Crippen molar-refractivity contribution in [2.45, 2.75) is 50.6 Å². The van der Waals surface area contributed by atoms with E-state index in [2.05, 4.69) is 15.6 Å². The number of anilines is 1. The summed E-state index contributed by atoms with van der Waals surface area (Å²) in [5, 5.41) is 7.59. The molecule has 5 rings (SSSR count). The lowest BCUT2D eigenvalue weighted by Gasteiger charge is -2.37. The lowest BCUT2D eigenvalue weighted by atomic mass is 9.81. The maximum Gasteiger partial charge on any atom is 0.251 e. The summed E-state index contributed by atoms with van der Waals surface area (Å²) in [7, 11) is 3.45. The van der Waals surface area contributed by atoms with Crippen molar-refractivity contribution in [2.24, 2.45) is 5.92 Å². The van der Waals surface area contributed by atoms with Gasteiger partial charge in [0, 0.05) is 72.9 Å². The minimum Gasteiger partial charge on any atom is -0.360 e. The average molecular weight is 564 g/mol. The van der Waals surface area contributed by atoms with Crippen LogP contribution in [-0.4, -0.2) is 66.2 Å². The average Bonchev–Trinajstić information content (AvgIpc) is 3.33. The highest BCUT2D eigenvalue weighted by Crippen LogP contribution is 2.28. The number of nitrogens with zero attached hydrogens (tertiary/aromatic N) is 2. The third-order valence-electron chi connectivity index (χ3n) is 7.93. The molecule has 0 spiro atoms. The Kier molecular flexibility index (Phi) is 8.12. The maximum atomic E-state index is 13.3. The first kappa shape index (κ1) is 27.7. The van der Waals surface area contributed by atoms with E-state index in [0.29, 0.717) is 48.4 Å². The molecule has 2 aliphatic rings. The molecule has 2 heterocycles. The number of nitrogens with one attached hydrogen (secondary N) is 3. The fourth-order valence-corrected chi connectivity index (χ4v) is 5.92. The first-order chi connectivity index (χ1) is 19.2. The summed E-state index contributed by atoms with van der Waals surface area (Å²) in [5.74, 6) is -0.697. The number of hydrogen-bond acceptors (Lipinski definition) is 4. The molecule has 210 valence electrons. The Labute approximate surface area is 238 Å². The van der Waals surface area contributed by atoms with Gasteiger partial charge in [0.15, 0.2) is 0 Å². The lowest BCUT2D eigenvalue weighted by Crippen LogP contribution is -2.55.